The Hall–Kier alpha value is -5.72. The van der Waals surface area contributed by atoms with Gasteiger partial charge in [0.2, 0.25) is 0 Å². The Balaban J connectivity index is 0.000000173. The van der Waals surface area contributed by atoms with Gasteiger partial charge in [-0.15, -0.1) is 0 Å². The summed E-state index contributed by atoms with van der Waals surface area (Å²) in [5.41, 5.74) is 20.5. The van der Waals surface area contributed by atoms with Crippen molar-refractivity contribution in [2.45, 2.75) is 93.4 Å². The van der Waals surface area contributed by atoms with Crippen molar-refractivity contribution in [3.63, 3.8) is 0 Å². The maximum absolute atomic E-state index is 2.36. The highest BCUT2D eigenvalue weighted by atomic mass is 14.2. The van der Waals surface area contributed by atoms with E-state index >= 15 is 0 Å². The first-order valence-corrected chi connectivity index (χ1v) is 21.4. The molecule has 0 heteroatoms. The minimum atomic E-state index is 0.444. The molecule has 0 bridgehead atoms. The molecule has 0 saturated carbocycles. The third-order valence-corrected chi connectivity index (χ3v) is 11.0. The van der Waals surface area contributed by atoms with Crippen molar-refractivity contribution in [2.75, 3.05) is 0 Å². The number of aryl methyl sites for hydroxylation is 4. The highest BCUT2D eigenvalue weighted by Gasteiger charge is 2.17. The molecule has 2 aliphatic rings. The van der Waals surface area contributed by atoms with Crippen molar-refractivity contribution < 1.29 is 0 Å². The molecule has 6 aromatic rings. The summed E-state index contributed by atoms with van der Waals surface area (Å²) < 4.78 is 0. The molecule has 0 amide bonds. The molecule has 8 rings (SSSR count). The van der Waals surface area contributed by atoms with Crippen LogP contribution < -0.4 is 0 Å². The van der Waals surface area contributed by atoms with Crippen LogP contribution in [-0.4, -0.2) is 0 Å². The SMILES string of the molecule is CC.CC1=C(c2ccccc2C)C=CCC1.Cc1ccc(-c2ccc(C)cc2C2C=CC=CC2)c(-c2ccccc2)c1.Cc1ccccc1-c1ccccc1C(C)C. The monoisotopic (exact) mass is 761 g/mol. The molecular formula is C58H64. The van der Waals surface area contributed by atoms with Crippen LogP contribution in [0, 0.1) is 27.7 Å². The summed E-state index contributed by atoms with van der Waals surface area (Å²) in [5, 5.41) is 0. The van der Waals surface area contributed by atoms with Gasteiger partial charge >= 0.3 is 0 Å². The molecule has 0 nitrogen and oxygen atoms in total. The molecule has 0 radical (unpaired) electrons. The van der Waals surface area contributed by atoms with Crippen molar-refractivity contribution in [3.05, 3.63) is 220 Å². The first-order valence-electron chi connectivity index (χ1n) is 21.4. The summed E-state index contributed by atoms with van der Waals surface area (Å²) in [6.07, 6.45) is 16.9. The zero-order chi connectivity index (χ0) is 41.4. The molecule has 0 N–H and O–H groups in total. The van der Waals surface area contributed by atoms with Gasteiger partial charge in [-0.1, -0.05) is 220 Å². The lowest BCUT2D eigenvalue weighted by atomic mass is 9.83. The third kappa shape index (κ3) is 11.2. The van der Waals surface area contributed by atoms with Crippen LogP contribution in [0.2, 0.25) is 0 Å². The molecule has 0 saturated heterocycles. The Morgan fingerprint density at radius 1 is 0.500 bits per heavy atom. The van der Waals surface area contributed by atoms with Crippen LogP contribution in [0.25, 0.3) is 39.0 Å². The Morgan fingerprint density at radius 3 is 1.71 bits per heavy atom. The maximum Gasteiger partial charge on any atom is 0.00619 e. The molecular weight excluding hydrogens is 697 g/mol. The molecule has 58 heavy (non-hydrogen) atoms. The fourth-order valence-electron chi connectivity index (χ4n) is 7.89. The highest BCUT2D eigenvalue weighted by molar-refractivity contribution is 5.86. The number of allylic oxidation sites excluding steroid dienone is 8. The van der Waals surface area contributed by atoms with Gasteiger partial charge in [-0.05, 0) is 127 Å². The minimum Gasteiger partial charge on any atom is -0.0836 e. The van der Waals surface area contributed by atoms with Crippen LogP contribution >= 0.6 is 0 Å². The summed E-state index contributed by atoms with van der Waals surface area (Å²) in [6.45, 7) is 19.4. The topological polar surface area (TPSA) is 0 Å². The quantitative estimate of drug-likeness (QED) is 0.159. The normalized spacial score (nSPS) is 14.1. The number of rotatable bonds is 6. The number of benzene rings is 6. The number of hydrogen-bond acceptors (Lipinski definition) is 0. The van der Waals surface area contributed by atoms with E-state index in [0.717, 1.165) is 6.42 Å². The van der Waals surface area contributed by atoms with Gasteiger partial charge in [-0.3, -0.25) is 0 Å². The molecule has 1 atom stereocenters. The smallest absolute Gasteiger partial charge is 0.00619 e. The molecule has 0 spiro atoms. The maximum atomic E-state index is 2.36. The Bertz CT molecular complexity index is 2360. The second kappa shape index (κ2) is 21.7. The predicted molar refractivity (Wildman–Crippen MR) is 257 cm³/mol. The minimum absolute atomic E-state index is 0.444. The van der Waals surface area contributed by atoms with Crippen LogP contribution in [0.15, 0.2) is 182 Å². The molecule has 0 aromatic heterocycles. The third-order valence-electron chi connectivity index (χ3n) is 11.0. The largest absolute Gasteiger partial charge is 0.0836 e. The van der Waals surface area contributed by atoms with Gasteiger partial charge in [0.15, 0.2) is 0 Å². The molecule has 296 valence electrons. The van der Waals surface area contributed by atoms with E-state index in [2.05, 4.69) is 224 Å². The van der Waals surface area contributed by atoms with E-state index in [9.17, 15) is 0 Å². The summed E-state index contributed by atoms with van der Waals surface area (Å²) >= 11 is 0. The fourth-order valence-corrected chi connectivity index (χ4v) is 7.89. The van der Waals surface area contributed by atoms with Crippen molar-refractivity contribution in [3.8, 4) is 33.4 Å². The van der Waals surface area contributed by atoms with Gasteiger partial charge in [0, 0.05) is 5.92 Å². The first kappa shape index (κ1) is 43.4. The van der Waals surface area contributed by atoms with E-state index in [1.54, 1.807) is 0 Å². The van der Waals surface area contributed by atoms with Crippen molar-refractivity contribution in [1.29, 1.82) is 0 Å². The number of hydrogen-bond donors (Lipinski definition) is 0. The highest BCUT2D eigenvalue weighted by Crippen LogP contribution is 2.40. The van der Waals surface area contributed by atoms with Gasteiger partial charge in [0.1, 0.15) is 0 Å². The molecule has 0 fully saturated rings. The van der Waals surface area contributed by atoms with E-state index in [-0.39, 0.29) is 0 Å². The average Bonchev–Trinajstić information content (AvgIpc) is 3.26. The van der Waals surface area contributed by atoms with Crippen molar-refractivity contribution >= 4 is 5.57 Å². The van der Waals surface area contributed by atoms with Crippen LogP contribution in [0.4, 0.5) is 0 Å². The van der Waals surface area contributed by atoms with E-state index in [1.807, 2.05) is 13.8 Å². The summed E-state index contributed by atoms with van der Waals surface area (Å²) in [6, 6.07) is 50.3. The van der Waals surface area contributed by atoms with Crippen LogP contribution in [0.3, 0.4) is 0 Å². The van der Waals surface area contributed by atoms with E-state index in [4.69, 9.17) is 0 Å². The van der Waals surface area contributed by atoms with Crippen LogP contribution in [0.5, 0.6) is 0 Å². The molecule has 6 aromatic carbocycles. The molecule has 1 unspecified atom stereocenters. The van der Waals surface area contributed by atoms with Gasteiger partial charge in [-0.25, -0.2) is 0 Å². The van der Waals surface area contributed by atoms with E-state index in [0.29, 0.717) is 11.8 Å². The summed E-state index contributed by atoms with van der Waals surface area (Å²) in [7, 11) is 0. The second-order valence-electron chi connectivity index (χ2n) is 15.7. The zero-order valence-electron chi connectivity index (χ0n) is 36.5. The summed E-state index contributed by atoms with van der Waals surface area (Å²) in [5.74, 6) is 1.01. The van der Waals surface area contributed by atoms with Crippen LogP contribution in [-0.2, 0) is 0 Å². The lowest BCUT2D eigenvalue weighted by molar-refractivity contribution is 0.854. The first-order chi connectivity index (χ1) is 28.2. The standard InChI is InChI=1S/C26H24.C16H18.C14H16.C2H6/c1-19-13-15-23(25(17-19)21-9-5-3-6-10-21)24-16-14-20(2)18-26(24)22-11-7-4-8-12-22;1-12(2)14-9-6-7-11-16(14)15-10-5-4-8-13(15)3;1-11-7-3-5-9-13(11)14-10-6-4-8-12(14)2;1-2/h3-11,13-18,22H,12H2,1-2H3;4-12H,1-3H3;3,5-7,9-10H,4,8H2,1-2H3;1-2H3. The Morgan fingerprint density at radius 2 is 1.09 bits per heavy atom. The van der Waals surface area contributed by atoms with Gasteiger partial charge in [0.25, 0.3) is 0 Å². The Kier molecular flexibility index (Phi) is 16.2. The average molecular weight is 761 g/mol. The zero-order valence-corrected chi connectivity index (χ0v) is 36.5. The molecule has 0 aliphatic heterocycles. The lowest BCUT2D eigenvalue weighted by Crippen LogP contribution is -2.01. The van der Waals surface area contributed by atoms with E-state index < -0.39 is 0 Å². The molecule has 0 heterocycles. The van der Waals surface area contributed by atoms with Crippen molar-refractivity contribution in [2.24, 2.45) is 0 Å². The lowest BCUT2D eigenvalue weighted by Gasteiger charge is -2.21. The second-order valence-corrected chi connectivity index (χ2v) is 15.7. The fraction of sp³-hybridized carbons (Fsp3) is 0.241. The van der Waals surface area contributed by atoms with Crippen LogP contribution in [0.1, 0.15) is 105 Å². The van der Waals surface area contributed by atoms with Crippen molar-refractivity contribution in [1.82, 2.24) is 0 Å². The summed E-state index contributed by atoms with van der Waals surface area (Å²) in [4.78, 5) is 0. The van der Waals surface area contributed by atoms with Gasteiger partial charge in [-0.2, -0.15) is 0 Å². The predicted octanol–water partition coefficient (Wildman–Crippen LogP) is 17.2. The van der Waals surface area contributed by atoms with Gasteiger partial charge < -0.3 is 0 Å². The Labute approximate surface area is 351 Å². The molecule has 2 aliphatic carbocycles. The van der Waals surface area contributed by atoms with Gasteiger partial charge in [0.05, 0.1) is 0 Å². The van der Waals surface area contributed by atoms with E-state index in [1.165, 1.54) is 96.3 Å².